The van der Waals surface area contributed by atoms with Gasteiger partial charge in [0.25, 0.3) is 5.91 Å². The maximum Gasteiger partial charge on any atom is 0.340 e. The predicted molar refractivity (Wildman–Crippen MR) is 93.8 cm³/mol. The van der Waals surface area contributed by atoms with Crippen LogP contribution in [0.25, 0.3) is 0 Å². The van der Waals surface area contributed by atoms with E-state index in [1.807, 2.05) is 20.8 Å². The van der Waals surface area contributed by atoms with Gasteiger partial charge >= 0.3 is 5.97 Å². The van der Waals surface area contributed by atoms with Crippen molar-refractivity contribution in [2.45, 2.75) is 33.2 Å². The number of nitrogens with one attached hydrogen (secondary N) is 1. The molecule has 0 saturated heterocycles. The fourth-order valence-corrected chi connectivity index (χ4v) is 2.22. The van der Waals surface area contributed by atoms with Crippen LogP contribution in [0.2, 0.25) is 0 Å². The molecule has 1 aromatic heterocycles. The summed E-state index contributed by atoms with van der Waals surface area (Å²) < 4.78 is 10.3. The number of amides is 1. The fraction of sp³-hybridized carbons (Fsp3) is 0.444. The summed E-state index contributed by atoms with van der Waals surface area (Å²) >= 11 is 0. The molecular formula is C18H23N3O4. The fourth-order valence-electron chi connectivity index (χ4n) is 2.22. The lowest BCUT2D eigenvalue weighted by molar-refractivity contribution is -0.124. The van der Waals surface area contributed by atoms with Crippen molar-refractivity contribution in [2.24, 2.45) is 10.9 Å². The number of esters is 1. The van der Waals surface area contributed by atoms with Gasteiger partial charge < -0.3 is 14.8 Å². The van der Waals surface area contributed by atoms with Crippen LogP contribution < -0.4 is 10.1 Å². The number of carbonyl (C=O) groups is 2. The van der Waals surface area contributed by atoms with Crippen molar-refractivity contribution in [2.75, 3.05) is 13.7 Å². The number of carbonyl (C=O) groups excluding carboxylic acids is 2. The highest BCUT2D eigenvalue weighted by atomic mass is 16.5. The van der Waals surface area contributed by atoms with Crippen LogP contribution in [0.4, 0.5) is 0 Å². The molecule has 2 rings (SSSR count). The lowest BCUT2D eigenvalue weighted by Crippen LogP contribution is -2.41. The highest BCUT2D eigenvalue weighted by Gasteiger charge is 2.43. The molecule has 0 radical (unpaired) electrons. The van der Waals surface area contributed by atoms with Gasteiger partial charge in [0.05, 0.1) is 12.7 Å². The van der Waals surface area contributed by atoms with E-state index in [4.69, 9.17) is 9.47 Å². The Morgan fingerprint density at radius 3 is 2.60 bits per heavy atom. The van der Waals surface area contributed by atoms with Crippen LogP contribution >= 0.6 is 0 Å². The number of hydrogen-bond acceptors (Lipinski definition) is 6. The van der Waals surface area contributed by atoms with E-state index in [2.05, 4.69) is 21.9 Å². The number of rotatable bonds is 6. The van der Waals surface area contributed by atoms with Crippen LogP contribution in [-0.4, -0.2) is 42.0 Å². The molecule has 0 fully saturated rings. The monoisotopic (exact) mass is 345 g/mol. The maximum atomic E-state index is 12.4. The maximum absolute atomic E-state index is 12.4. The first kappa shape index (κ1) is 18.6. The van der Waals surface area contributed by atoms with E-state index in [1.165, 1.54) is 7.11 Å². The molecule has 0 aromatic carbocycles. The van der Waals surface area contributed by atoms with Crippen molar-refractivity contribution in [1.82, 2.24) is 10.3 Å². The van der Waals surface area contributed by atoms with Gasteiger partial charge in [0.15, 0.2) is 5.84 Å². The van der Waals surface area contributed by atoms with Gasteiger partial charge in [-0.3, -0.25) is 4.79 Å². The summed E-state index contributed by atoms with van der Waals surface area (Å²) in [5, 5.41) is 2.72. The van der Waals surface area contributed by atoms with E-state index in [0.29, 0.717) is 12.5 Å². The zero-order valence-corrected chi connectivity index (χ0v) is 15.2. The standard InChI is InChI=1S/C18H23N3O4/c1-10(2)9-25-13-8-7-12(16(22)24-6)14(19-13)15-20-17(23)18(5,21-15)11(3)4/h7-8,11H,1,9H2,2-6H3,(H,20,21,23). The molecule has 25 heavy (non-hydrogen) atoms. The van der Waals surface area contributed by atoms with E-state index in [0.717, 1.165) is 5.57 Å². The Kier molecular flexibility index (Phi) is 5.25. The van der Waals surface area contributed by atoms with Gasteiger partial charge in [-0.15, -0.1) is 0 Å². The summed E-state index contributed by atoms with van der Waals surface area (Å²) in [5.41, 5.74) is 0.346. The molecule has 1 aliphatic heterocycles. The molecule has 1 aliphatic rings. The first-order chi connectivity index (χ1) is 11.7. The van der Waals surface area contributed by atoms with Crippen LogP contribution in [0.3, 0.4) is 0 Å². The number of hydrogen-bond donors (Lipinski definition) is 1. The number of amidine groups is 1. The van der Waals surface area contributed by atoms with Crippen LogP contribution in [0.1, 0.15) is 43.7 Å². The van der Waals surface area contributed by atoms with Gasteiger partial charge in [-0.1, -0.05) is 20.4 Å². The Morgan fingerprint density at radius 2 is 2.08 bits per heavy atom. The smallest absolute Gasteiger partial charge is 0.340 e. The zero-order chi connectivity index (χ0) is 18.8. The number of nitrogens with zero attached hydrogens (tertiary/aromatic N) is 2. The average molecular weight is 345 g/mol. The van der Waals surface area contributed by atoms with Gasteiger partial charge in [0.1, 0.15) is 17.8 Å². The molecule has 1 amide bonds. The molecule has 0 bridgehead atoms. The second kappa shape index (κ2) is 7.04. The molecule has 2 heterocycles. The molecule has 1 atom stereocenters. The summed E-state index contributed by atoms with van der Waals surface area (Å²) in [4.78, 5) is 33.3. The summed E-state index contributed by atoms with van der Waals surface area (Å²) in [6.07, 6.45) is 0. The molecule has 1 N–H and O–H groups in total. The zero-order valence-electron chi connectivity index (χ0n) is 15.2. The third-order valence-corrected chi connectivity index (χ3v) is 4.13. The lowest BCUT2D eigenvalue weighted by Gasteiger charge is -2.21. The summed E-state index contributed by atoms with van der Waals surface area (Å²) in [5.74, 6) is -0.273. The second-order valence-electron chi connectivity index (χ2n) is 6.50. The predicted octanol–water partition coefficient (Wildman–Crippen LogP) is 2.11. The number of aliphatic imine (C=N–C) groups is 1. The Balaban J connectivity index is 2.50. The van der Waals surface area contributed by atoms with Crippen LogP contribution in [0.15, 0.2) is 29.3 Å². The van der Waals surface area contributed by atoms with Crippen molar-refractivity contribution in [1.29, 1.82) is 0 Å². The number of aromatic nitrogens is 1. The van der Waals surface area contributed by atoms with E-state index in [9.17, 15) is 9.59 Å². The van der Waals surface area contributed by atoms with Gasteiger partial charge in [-0.05, 0) is 31.4 Å². The summed E-state index contributed by atoms with van der Waals surface area (Å²) in [6, 6.07) is 3.11. The van der Waals surface area contributed by atoms with E-state index in [-0.39, 0.29) is 28.9 Å². The molecule has 134 valence electrons. The van der Waals surface area contributed by atoms with Crippen molar-refractivity contribution in [3.63, 3.8) is 0 Å². The number of pyridine rings is 1. The van der Waals surface area contributed by atoms with E-state index < -0.39 is 11.5 Å². The highest BCUT2D eigenvalue weighted by molar-refractivity contribution is 6.17. The normalized spacial score (nSPS) is 19.4. The first-order valence-electron chi connectivity index (χ1n) is 7.97. The van der Waals surface area contributed by atoms with Crippen LogP contribution in [0, 0.1) is 5.92 Å². The van der Waals surface area contributed by atoms with Crippen molar-refractivity contribution in [3.8, 4) is 5.88 Å². The van der Waals surface area contributed by atoms with Gasteiger partial charge in [-0.25, -0.2) is 14.8 Å². The van der Waals surface area contributed by atoms with Crippen LogP contribution in [-0.2, 0) is 9.53 Å². The topological polar surface area (TPSA) is 89.9 Å². The minimum absolute atomic E-state index is 0.0191. The van der Waals surface area contributed by atoms with Gasteiger partial charge in [-0.2, -0.15) is 0 Å². The minimum atomic E-state index is -0.918. The number of methoxy groups -OCH3 is 1. The average Bonchev–Trinajstić information content (AvgIpc) is 2.88. The molecule has 7 heteroatoms. The molecule has 0 spiro atoms. The van der Waals surface area contributed by atoms with Gasteiger partial charge in [0, 0.05) is 6.07 Å². The third kappa shape index (κ3) is 3.70. The molecule has 1 aromatic rings. The highest BCUT2D eigenvalue weighted by Crippen LogP contribution is 2.28. The molecular weight excluding hydrogens is 322 g/mol. The quantitative estimate of drug-likeness (QED) is 0.630. The third-order valence-electron chi connectivity index (χ3n) is 4.13. The molecule has 0 aliphatic carbocycles. The van der Waals surface area contributed by atoms with E-state index in [1.54, 1.807) is 19.1 Å². The number of ether oxygens (including phenoxy) is 2. The summed E-state index contributed by atoms with van der Waals surface area (Å²) in [7, 11) is 1.28. The molecule has 0 saturated carbocycles. The Hall–Kier alpha value is -2.70. The van der Waals surface area contributed by atoms with Crippen molar-refractivity contribution < 1.29 is 19.1 Å². The Bertz CT molecular complexity index is 755. The minimum Gasteiger partial charge on any atom is -0.473 e. The van der Waals surface area contributed by atoms with Gasteiger partial charge in [0.2, 0.25) is 5.88 Å². The largest absolute Gasteiger partial charge is 0.473 e. The Labute approximate surface area is 147 Å². The Morgan fingerprint density at radius 1 is 1.40 bits per heavy atom. The molecule has 7 nitrogen and oxygen atoms in total. The lowest BCUT2D eigenvalue weighted by atomic mass is 9.89. The van der Waals surface area contributed by atoms with Crippen LogP contribution in [0.5, 0.6) is 5.88 Å². The SMILES string of the molecule is C=C(C)COc1ccc(C(=O)OC)c(C2=NC(C)(C(C)C)C(=O)N2)n1. The molecule has 1 unspecified atom stereocenters. The van der Waals surface area contributed by atoms with Crippen molar-refractivity contribution >= 4 is 17.7 Å². The summed E-state index contributed by atoms with van der Waals surface area (Å²) in [6.45, 7) is 11.5. The van der Waals surface area contributed by atoms with E-state index >= 15 is 0 Å². The second-order valence-corrected chi connectivity index (χ2v) is 6.50. The van der Waals surface area contributed by atoms with Crippen molar-refractivity contribution in [3.05, 3.63) is 35.5 Å². The first-order valence-corrected chi connectivity index (χ1v) is 7.97.